The molecule has 0 aromatic heterocycles. The van der Waals surface area contributed by atoms with Gasteiger partial charge in [-0.15, -0.1) is 0 Å². The molecule has 0 radical (unpaired) electrons. The average molecular weight is 384 g/mol. The van der Waals surface area contributed by atoms with E-state index in [-0.39, 0.29) is 17.7 Å². The molecule has 1 aliphatic rings. The van der Waals surface area contributed by atoms with E-state index in [1.165, 1.54) is 11.8 Å². The molecule has 140 valence electrons. The molecule has 0 saturated carbocycles. The summed E-state index contributed by atoms with van der Waals surface area (Å²) < 4.78 is 0. The molecule has 1 rings (SSSR count). The van der Waals surface area contributed by atoms with Crippen LogP contribution in [0, 0.1) is 11.8 Å². The van der Waals surface area contributed by atoms with Crippen LogP contribution in [0.4, 0.5) is 0 Å². The van der Waals surface area contributed by atoms with Gasteiger partial charge >= 0.3 is 0 Å². The molecule has 0 bridgehead atoms. The van der Waals surface area contributed by atoms with E-state index in [4.69, 9.17) is 11.6 Å². The van der Waals surface area contributed by atoms with Gasteiger partial charge < -0.3 is 4.90 Å². The van der Waals surface area contributed by atoms with E-state index in [1.54, 1.807) is 4.90 Å². The first-order chi connectivity index (χ1) is 11.9. The molecule has 2 unspecified atom stereocenters. The molecule has 0 aliphatic heterocycles. The van der Waals surface area contributed by atoms with Gasteiger partial charge in [0, 0.05) is 30.0 Å². The van der Waals surface area contributed by atoms with E-state index >= 15 is 0 Å². The lowest BCUT2D eigenvalue weighted by Crippen LogP contribution is -2.42. The minimum absolute atomic E-state index is 0.0500. The van der Waals surface area contributed by atoms with E-state index in [2.05, 4.69) is 16.1 Å². The molecule has 1 aliphatic carbocycles. The Morgan fingerprint density at radius 3 is 2.60 bits per heavy atom. The normalized spacial score (nSPS) is 20.0. The van der Waals surface area contributed by atoms with Crippen molar-refractivity contribution in [3.8, 4) is 0 Å². The number of aliphatic imine (C=N–C) groups is 2. The van der Waals surface area contributed by atoms with Gasteiger partial charge in [0.2, 0.25) is 5.91 Å². The number of halogens is 1. The summed E-state index contributed by atoms with van der Waals surface area (Å²) >= 11 is 7.96. The minimum Gasteiger partial charge on any atom is -0.301 e. The molecule has 6 heteroatoms. The molecule has 0 saturated heterocycles. The van der Waals surface area contributed by atoms with Crippen LogP contribution in [0.1, 0.15) is 47.5 Å². The lowest BCUT2D eigenvalue weighted by atomic mass is 9.82. The largest absolute Gasteiger partial charge is 0.301 e. The van der Waals surface area contributed by atoms with Crippen LogP contribution in [0.25, 0.3) is 0 Å². The highest BCUT2D eigenvalue weighted by Gasteiger charge is 2.33. The molecule has 0 aromatic rings. The number of amidine groups is 2. The molecule has 2 atom stereocenters. The summed E-state index contributed by atoms with van der Waals surface area (Å²) in [6.45, 7) is 11.2. The number of allylic oxidation sites excluding steroid dienone is 4. The number of carbonyl (C=O) groups excluding carboxylic acids is 1. The van der Waals surface area contributed by atoms with Crippen LogP contribution in [0.2, 0.25) is 0 Å². The van der Waals surface area contributed by atoms with Gasteiger partial charge in [-0.3, -0.25) is 9.79 Å². The van der Waals surface area contributed by atoms with Crippen LogP contribution in [0.3, 0.4) is 0 Å². The average Bonchev–Trinajstić information content (AvgIpc) is 2.57. The van der Waals surface area contributed by atoms with E-state index in [0.29, 0.717) is 24.1 Å². The summed E-state index contributed by atoms with van der Waals surface area (Å²) in [5, 5.41) is 1.48. The van der Waals surface area contributed by atoms with E-state index in [1.807, 2.05) is 47.0 Å². The monoisotopic (exact) mass is 383 g/mol. The zero-order valence-corrected chi connectivity index (χ0v) is 17.7. The Kier molecular flexibility index (Phi) is 9.51. The van der Waals surface area contributed by atoms with Crippen molar-refractivity contribution in [3.63, 3.8) is 0 Å². The highest BCUT2D eigenvalue weighted by atomic mass is 35.5. The Balaban J connectivity index is 3.05. The molecular formula is C19H30ClN3OS. The Hall–Kier alpha value is -1.07. The molecule has 0 spiro atoms. The fourth-order valence-corrected chi connectivity index (χ4v) is 3.92. The van der Waals surface area contributed by atoms with E-state index in [0.717, 1.165) is 23.4 Å². The van der Waals surface area contributed by atoms with Crippen molar-refractivity contribution in [2.75, 3.05) is 19.3 Å². The molecule has 0 fully saturated rings. The van der Waals surface area contributed by atoms with E-state index < -0.39 is 0 Å². The third kappa shape index (κ3) is 6.00. The molecule has 0 heterocycles. The standard InChI is InChI=1S/C19H30ClN3OS/c1-7-15(16-11-10-13(4)12-17(16)20)18(24)23(9-3)14(5)22-19(25-6)21-8-2/h10,12,15-16H,7-9,11H2,1-6H3. The van der Waals surface area contributed by atoms with Crippen molar-refractivity contribution in [1.29, 1.82) is 0 Å². The highest BCUT2D eigenvalue weighted by Crippen LogP contribution is 2.35. The fraction of sp³-hybridized carbons (Fsp3) is 0.632. The third-order valence-corrected chi connectivity index (χ3v) is 5.34. The molecule has 1 amide bonds. The third-order valence-electron chi connectivity index (χ3n) is 4.36. The fourth-order valence-electron chi connectivity index (χ4n) is 3.02. The molecule has 0 N–H and O–H groups in total. The maximum atomic E-state index is 13.2. The zero-order chi connectivity index (χ0) is 19.0. The first-order valence-electron chi connectivity index (χ1n) is 8.88. The van der Waals surface area contributed by atoms with Gasteiger partial charge in [-0.2, -0.15) is 0 Å². The number of amides is 1. The first-order valence-corrected chi connectivity index (χ1v) is 10.5. The second kappa shape index (κ2) is 10.8. The Morgan fingerprint density at radius 2 is 2.12 bits per heavy atom. The number of carbonyl (C=O) groups is 1. The van der Waals surface area contributed by atoms with E-state index in [9.17, 15) is 4.79 Å². The highest BCUT2D eigenvalue weighted by molar-refractivity contribution is 8.13. The van der Waals surface area contributed by atoms with Crippen LogP contribution < -0.4 is 0 Å². The number of hydrogen-bond donors (Lipinski definition) is 0. The summed E-state index contributed by atoms with van der Waals surface area (Å²) in [5.41, 5.74) is 1.16. The van der Waals surface area contributed by atoms with Crippen molar-refractivity contribution < 1.29 is 4.79 Å². The van der Waals surface area contributed by atoms with Crippen LogP contribution in [0.15, 0.2) is 32.7 Å². The molecule has 25 heavy (non-hydrogen) atoms. The van der Waals surface area contributed by atoms with Gasteiger partial charge in [0.05, 0.1) is 0 Å². The van der Waals surface area contributed by atoms with Gasteiger partial charge in [0.15, 0.2) is 5.17 Å². The van der Waals surface area contributed by atoms with Crippen LogP contribution in [-0.4, -0.2) is 41.2 Å². The topological polar surface area (TPSA) is 45.0 Å². The molecule has 0 aromatic carbocycles. The Morgan fingerprint density at radius 1 is 1.44 bits per heavy atom. The van der Waals surface area contributed by atoms with Gasteiger partial charge in [-0.25, -0.2) is 4.99 Å². The zero-order valence-electron chi connectivity index (χ0n) is 16.2. The van der Waals surface area contributed by atoms with Crippen molar-refractivity contribution in [1.82, 2.24) is 4.90 Å². The second-order valence-electron chi connectivity index (χ2n) is 6.04. The van der Waals surface area contributed by atoms with Gasteiger partial charge in [-0.1, -0.05) is 41.9 Å². The quantitative estimate of drug-likeness (QED) is 0.489. The second-order valence-corrected chi connectivity index (χ2v) is 7.25. The van der Waals surface area contributed by atoms with Crippen molar-refractivity contribution in [2.24, 2.45) is 21.8 Å². The SMILES string of the molecule is CCN=C(N=C(C)N(CC)C(=O)C(CC)C1CC=C(C)C=C1Cl)SC. The van der Waals surface area contributed by atoms with Gasteiger partial charge in [0.1, 0.15) is 5.84 Å². The Bertz CT molecular complexity index is 595. The number of hydrogen-bond acceptors (Lipinski definition) is 3. The summed E-state index contributed by atoms with van der Waals surface area (Å²) in [5.74, 6) is 0.691. The summed E-state index contributed by atoms with van der Waals surface area (Å²) in [6.07, 6.45) is 7.64. The lowest BCUT2D eigenvalue weighted by Gasteiger charge is -2.31. The Labute approximate surface area is 161 Å². The predicted molar refractivity (Wildman–Crippen MR) is 112 cm³/mol. The van der Waals surface area contributed by atoms with Gasteiger partial charge in [0.25, 0.3) is 0 Å². The number of rotatable bonds is 5. The van der Waals surface area contributed by atoms with Crippen molar-refractivity contribution in [2.45, 2.75) is 47.5 Å². The summed E-state index contributed by atoms with van der Waals surface area (Å²) in [7, 11) is 0. The molecule has 4 nitrogen and oxygen atoms in total. The lowest BCUT2D eigenvalue weighted by molar-refractivity contribution is -0.132. The maximum Gasteiger partial charge on any atom is 0.231 e. The minimum atomic E-state index is -0.140. The van der Waals surface area contributed by atoms with Crippen LogP contribution in [0.5, 0.6) is 0 Å². The maximum absolute atomic E-state index is 13.2. The van der Waals surface area contributed by atoms with Crippen LogP contribution >= 0.6 is 23.4 Å². The van der Waals surface area contributed by atoms with Crippen molar-refractivity contribution in [3.05, 3.63) is 22.8 Å². The number of thioether (sulfide) groups is 1. The predicted octanol–water partition coefficient (Wildman–Crippen LogP) is 5.11. The smallest absolute Gasteiger partial charge is 0.231 e. The van der Waals surface area contributed by atoms with Crippen LogP contribution in [-0.2, 0) is 4.79 Å². The molecular weight excluding hydrogens is 354 g/mol. The number of nitrogens with zero attached hydrogens (tertiary/aromatic N) is 3. The summed E-state index contributed by atoms with van der Waals surface area (Å²) in [4.78, 5) is 23.8. The van der Waals surface area contributed by atoms with Gasteiger partial charge in [-0.05, 0) is 52.9 Å². The van der Waals surface area contributed by atoms with Crippen molar-refractivity contribution >= 4 is 40.3 Å². The summed E-state index contributed by atoms with van der Waals surface area (Å²) in [6, 6.07) is 0. The first kappa shape index (κ1) is 22.0.